The number of carbonyl (C=O) groups is 1. The molecule has 180 valence electrons. The Labute approximate surface area is 195 Å². The molecule has 1 saturated heterocycles. The molecule has 1 fully saturated rings. The van der Waals surface area contributed by atoms with Gasteiger partial charge in [-0.1, -0.05) is 17.9 Å². The molecule has 0 saturated carbocycles. The van der Waals surface area contributed by atoms with E-state index < -0.39 is 18.4 Å². The highest BCUT2D eigenvalue weighted by atomic mass is 19.4. The van der Waals surface area contributed by atoms with Crippen molar-refractivity contribution in [3.63, 3.8) is 0 Å². The Bertz CT molecular complexity index is 1100. The van der Waals surface area contributed by atoms with Crippen LogP contribution in [0.4, 0.5) is 24.5 Å². The molecular weight excluding hydrogens is 451 g/mol. The van der Waals surface area contributed by atoms with E-state index in [1.807, 2.05) is 19.1 Å². The maximum absolute atomic E-state index is 12.9. The minimum atomic E-state index is -4.79. The Hall–Kier alpha value is -3.42. The van der Waals surface area contributed by atoms with Gasteiger partial charge < -0.3 is 24.8 Å². The summed E-state index contributed by atoms with van der Waals surface area (Å²) in [5.41, 5.74) is 2.58. The lowest BCUT2D eigenvalue weighted by molar-refractivity contribution is -0.274. The van der Waals surface area contributed by atoms with Gasteiger partial charge in [-0.05, 0) is 36.8 Å². The molecule has 0 radical (unpaired) electrons. The summed E-state index contributed by atoms with van der Waals surface area (Å²) in [6, 6.07) is 9.21. The molecule has 7 nitrogen and oxygen atoms in total. The van der Waals surface area contributed by atoms with Gasteiger partial charge in [0.2, 0.25) is 0 Å². The summed E-state index contributed by atoms with van der Waals surface area (Å²) in [7, 11) is 0. The van der Waals surface area contributed by atoms with Crippen molar-refractivity contribution in [1.29, 1.82) is 0 Å². The van der Waals surface area contributed by atoms with Crippen LogP contribution in [0, 0.1) is 18.8 Å². The average molecular weight is 475 g/mol. The summed E-state index contributed by atoms with van der Waals surface area (Å²) in [6.07, 6.45) is -5.67. The van der Waals surface area contributed by atoms with Crippen molar-refractivity contribution in [3.8, 4) is 23.3 Å². The molecule has 1 unspecified atom stereocenters. The second-order valence-corrected chi connectivity index (χ2v) is 7.92. The number of fused-ring (bicyclic) bond motifs is 1. The predicted octanol–water partition coefficient (Wildman–Crippen LogP) is 3.39. The minimum absolute atomic E-state index is 0.0816. The quantitative estimate of drug-likeness (QED) is 0.661. The van der Waals surface area contributed by atoms with E-state index in [4.69, 9.17) is 9.47 Å². The summed E-state index contributed by atoms with van der Waals surface area (Å²) < 4.78 is 52.3. The fourth-order valence-electron chi connectivity index (χ4n) is 3.58. The SMILES string of the molecule is Cc1ccc(NC(=O)C2CNc3cc(OC(F)(F)F)ccc3O2)c(C#CCN2CCOCC2)c1. The Balaban J connectivity index is 1.41. The second kappa shape index (κ2) is 10.2. The van der Waals surface area contributed by atoms with Gasteiger partial charge >= 0.3 is 6.36 Å². The van der Waals surface area contributed by atoms with Crippen molar-refractivity contribution >= 4 is 17.3 Å². The van der Waals surface area contributed by atoms with Gasteiger partial charge in [0.05, 0.1) is 37.7 Å². The number of hydrogen-bond acceptors (Lipinski definition) is 6. The molecule has 34 heavy (non-hydrogen) atoms. The normalized spacial score (nSPS) is 17.9. The number of rotatable bonds is 4. The largest absolute Gasteiger partial charge is 0.573 e. The van der Waals surface area contributed by atoms with Crippen LogP contribution in [0.5, 0.6) is 11.5 Å². The molecule has 2 aromatic rings. The van der Waals surface area contributed by atoms with Gasteiger partial charge in [0.15, 0.2) is 6.10 Å². The molecule has 0 aromatic heterocycles. The van der Waals surface area contributed by atoms with Crippen LogP contribution in [0.25, 0.3) is 0 Å². The number of morpholine rings is 1. The van der Waals surface area contributed by atoms with E-state index in [0.717, 1.165) is 24.7 Å². The van der Waals surface area contributed by atoms with Gasteiger partial charge in [-0.3, -0.25) is 9.69 Å². The third kappa shape index (κ3) is 6.34. The highest BCUT2D eigenvalue weighted by molar-refractivity contribution is 5.96. The van der Waals surface area contributed by atoms with Crippen molar-refractivity contribution in [2.24, 2.45) is 0 Å². The zero-order valence-electron chi connectivity index (χ0n) is 18.5. The molecule has 2 aliphatic heterocycles. The van der Waals surface area contributed by atoms with Crippen LogP contribution in [0.2, 0.25) is 0 Å². The van der Waals surface area contributed by atoms with Gasteiger partial charge in [0, 0.05) is 24.7 Å². The lowest BCUT2D eigenvalue weighted by Crippen LogP contribution is -2.41. The average Bonchev–Trinajstić information content (AvgIpc) is 2.80. The van der Waals surface area contributed by atoms with Crippen LogP contribution in [0.3, 0.4) is 0 Å². The summed E-state index contributed by atoms with van der Waals surface area (Å²) in [4.78, 5) is 15.1. The number of aryl methyl sites for hydroxylation is 1. The number of carbonyl (C=O) groups excluding carboxylic acids is 1. The van der Waals surface area contributed by atoms with E-state index in [1.54, 1.807) is 6.07 Å². The van der Waals surface area contributed by atoms with Crippen molar-refractivity contribution < 1.29 is 32.2 Å². The first-order valence-electron chi connectivity index (χ1n) is 10.8. The van der Waals surface area contributed by atoms with E-state index in [2.05, 4.69) is 32.1 Å². The summed E-state index contributed by atoms with van der Waals surface area (Å²) >= 11 is 0. The van der Waals surface area contributed by atoms with Crippen LogP contribution in [-0.4, -0.2) is 62.7 Å². The van der Waals surface area contributed by atoms with Crippen LogP contribution < -0.4 is 20.1 Å². The van der Waals surface area contributed by atoms with E-state index in [1.165, 1.54) is 12.1 Å². The second-order valence-electron chi connectivity index (χ2n) is 7.92. The number of ether oxygens (including phenoxy) is 3. The maximum atomic E-state index is 12.9. The van der Waals surface area contributed by atoms with Crippen molar-refractivity contribution in [1.82, 2.24) is 4.90 Å². The van der Waals surface area contributed by atoms with Crippen LogP contribution in [-0.2, 0) is 9.53 Å². The van der Waals surface area contributed by atoms with E-state index in [-0.39, 0.29) is 18.0 Å². The number of anilines is 2. The van der Waals surface area contributed by atoms with Gasteiger partial charge in [-0.25, -0.2) is 0 Å². The monoisotopic (exact) mass is 475 g/mol. The lowest BCUT2D eigenvalue weighted by Gasteiger charge is -2.27. The number of nitrogens with one attached hydrogen (secondary N) is 2. The fraction of sp³-hybridized carbons (Fsp3) is 0.375. The predicted molar refractivity (Wildman–Crippen MR) is 120 cm³/mol. The Morgan fingerprint density at radius 3 is 2.79 bits per heavy atom. The molecule has 2 heterocycles. The van der Waals surface area contributed by atoms with E-state index >= 15 is 0 Å². The molecule has 0 bridgehead atoms. The summed E-state index contributed by atoms with van der Waals surface area (Å²) in [5.74, 6) is 5.80. The summed E-state index contributed by atoms with van der Waals surface area (Å²) in [5, 5.41) is 5.78. The first-order valence-corrected chi connectivity index (χ1v) is 10.8. The molecule has 4 rings (SSSR count). The Morgan fingerprint density at radius 1 is 1.24 bits per heavy atom. The standard InChI is InChI=1S/C24H24F3N3O4/c1-16-4-6-19(17(13-16)3-2-8-30-9-11-32-12-10-30)29-23(31)22-15-28-20-14-18(34-24(25,26)27)5-7-21(20)33-22/h4-7,13-14,22,28H,8-12,15H2,1H3,(H,29,31). The van der Waals surface area contributed by atoms with Crippen LogP contribution in [0.1, 0.15) is 11.1 Å². The Kier molecular flexibility index (Phi) is 7.14. The molecule has 1 amide bonds. The molecule has 2 N–H and O–H groups in total. The topological polar surface area (TPSA) is 72.1 Å². The maximum Gasteiger partial charge on any atom is 0.573 e. The van der Waals surface area contributed by atoms with E-state index in [0.29, 0.717) is 36.7 Å². The van der Waals surface area contributed by atoms with Gasteiger partial charge in [-0.2, -0.15) is 0 Å². The molecular formula is C24H24F3N3O4. The number of hydrogen-bond donors (Lipinski definition) is 2. The van der Waals surface area contributed by atoms with Gasteiger partial charge in [0.25, 0.3) is 5.91 Å². The smallest absolute Gasteiger partial charge is 0.477 e. The first-order chi connectivity index (χ1) is 16.3. The van der Waals surface area contributed by atoms with Crippen molar-refractivity contribution in [2.75, 3.05) is 50.0 Å². The lowest BCUT2D eigenvalue weighted by atomic mass is 10.1. The minimum Gasteiger partial charge on any atom is -0.477 e. The highest BCUT2D eigenvalue weighted by Gasteiger charge is 2.32. The molecule has 2 aliphatic rings. The molecule has 0 aliphatic carbocycles. The zero-order valence-corrected chi connectivity index (χ0v) is 18.5. The van der Waals surface area contributed by atoms with Crippen LogP contribution in [0.15, 0.2) is 36.4 Å². The molecule has 2 aromatic carbocycles. The molecule has 1 atom stereocenters. The van der Waals surface area contributed by atoms with Crippen molar-refractivity contribution in [2.45, 2.75) is 19.4 Å². The molecule has 0 spiro atoms. The van der Waals surface area contributed by atoms with Crippen molar-refractivity contribution in [3.05, 3.63) is 47.5 Å². The number of benzene rings is 2. The third-order valence-electron chi connectivity index (χ3n) is 5.29. The van der Waals surface area contributed by atoms with Gasteiger partial charge in [-0.15, -0.1) is 13.2 Å². The first kappa shape index (κ1) is 23.7. The number of nitrogens with zero attached hydrogens (tertiary/aromatic N) is 1. The van der Waals surface area contributed by atoms with Gasteiger partial charge in [0.1, 0.15) is 11.5 Å². The van der Waals surface area contributed by atoms with Crippen LogP contribution >= 0.6 is 0 Å². The Morgan fingerprint density at radius 2 is 2.03 bits per heavy atom. The third-order valence-corrected chi connectivity index (χ3v) is 5.29. The zero-order chi connectivity index (χ0) is 24.1. The number of alkyl halides is 3. The fourth-order valence-corrected chi connectivity index (χ4v) is 3.58. The molecule has 10 heteroatoms. The summed E-state index contributed by atoms with van der Waals surface area (Å²) in [6.45, 7) is 5.70. The number of amides is 1. The van der Waals surface area contributed by atoms with E-state index in [9.17, 15) is 18.0 Å². The highest BCUT2D eigenvalue weighted by Crippen LogP contribution is 2.35. The number of halogens is 3.